The van der Waals surface area contributed by atoms with Crippen molar-refractivity contribution in [3.8, 4) is 0 Å². The lowest BCUT2D eigenvalue weighted by molar-refractivity contribution is -0.142. The summed E-state index contributed by atoms with van der Waals surface area (Å²) in [6, 6.07) is 7.17. The molecule has 20 heavy (non-hydrogen) atoms. The Hall–Kier alpha value is -1.92. The Labute approximate surface area is 118 Å². The van der Waals surface area contributed by atoms with Crippen molar-refractivity contribution in [2.24, 2.45) is 5.84 Å². The molecule has 0 aliphatic rings. The molecule has 6 heteroatoms. The summed E-state index contributed by atoms with van der Waals surface area (Å²) in [6.07, 6.45) is 0.176. The van der Waals surface area contributed by atoms with E-state index in [1.165, 1.54) is 0 Å². The van der Waals surface area contributed by atoms with E-state index >= 15 is 0 Å². The Bertz CT molecular complexity index is 443. The Morgan fingerprint density at radius 2 is 1.95 bits per heavy atom. The number of benzene rings is 1. The van der Waals surface area contributed by atoms with Gasteiger partial charge in [-0.3, -0.25) is 15.4 Å². The number of esters is 1. The van der Waals surface area contributed by atoms with Crippen molar-refractivity contribution < 1.29 is 14.3 Å². The molecule has 0 saturated carbocycles. The fourth-order valence-corrected chi connectivity index (χ4v) is 1.66. The predicted molar refractivity (Wildman–Crippen MR) is 75.7 cm³/mol. The number of rotatable bonds is 7. The fraction of sp³-hybridized carbons (Fsp3) is 0.429. The molecule has 0 aliphatic heterocycles. The lowest BCUT2D eigenvalue weighted by Crippen LogP contribution is -2.27. The summed E-state index contributed by atoms with van der Waals surface area (Å²) in [4.78, 5) is 22.9. The zero-order chi connectivity index (χ0) is 15.0. The Balaban J connectivity index is 2.41. The topological polar surface area (TPSA) is 84.7 Å². The minimum atomic E-state index is -0.311. The lowest BCUT2D eigenvalue weighted by atomic mass is 10.1. The van der Waals surface area contributed by atoms with Gasteiger partial charge in [0, 0.05) is 25.7 Å². The molecule has 3 N–H and O–H groups in total. The Kier molecular flexibility index (Phi) is 6.69. The summed E-state index contributed by atoms with van der Waals surface area (Å²) in [5.74, 6) is 5.03. The molecular weight excluding hydrogens is 258 g/mol. The molecule has 0 aliphatic carbocycles. The van der Waals surface area contributed by atoms with Crippen LogP contribution < -0.4 is 11.2 Å². The second-order valence-electron chi connectivity index (χ2n) is 4.42. The van der Waals surface area contributed by atoms with Crippen molar-refractivity contribution in [3.05, 3.63) is 35.4 Å². The summed E-state index contributed by atoms with van der Waals surface area (Å²) in [5.41, 5.74) is 1.58. The van der Waals surface area contributed by atoms with Crippen molar-refractivity contribution in [1.29, 1.82) is 0 Å². The molecule has 0 fully saturated rings. The van der Waals surface area contributed by atoms with E-state index in [0.29, 0.717) is 18.7 Å². The van der Waals surface area contributed by atoms with E-state index in [0.717, 1.165) is 5.56 Å². The maximum absolute atomic E-state index is 11.8. The molecule has 1 aromatic carbocycles. The van der Waals surface area contributed by atoms with E-state index in [1.54, 1.807) is 31.1 Å². The third-order valence-electron chi connectivity index (χ3n) is 2.57. The molecule has 0 bridgehead atoms. The van der Waals surface area contributed by atoms with E-state index in [4.69, 9.17) is 10.6 Å². The van der Waals surface area contributed by atoms with Gasteiger partial charge in [0.15, 0.2) is 0 Å². The van der Waals surface area contributed by atoms with Crippen LogP contribution in [-0.2, 0) is 16.1 Å². The van der Waals surface area contributed by atoms with Gasteiger partial charge in [-0.1, -0.05) is 12.1 Å². The van der Waals surface area contributed by atoms with Crippen molar-refractivity contribution in [2.75, 3.05) is 20.2 Å². The van der Waals surface area contributed by atoms with Gasteiger partial charge in [-0.05, 0) is 24.6 Å². The number of hydrogen-bond acceptors (Lipinski definition) is 5. The van der Waals surface area contributed by atoms with Gasteiger partial charge in [-0.25, -0.2) is 5.01 Å². The standard InChI is InChI=1S/C14H21N3O3/c1-3-20-13(18)8-9-16-14(19)12-6-4-11(5-7-12)10-17(2)15/h4-7H,3,8-10,15H2,1-2H3,(H,16,19). The minimum Gasteiger partial charge on any atom is -0.466 e. The SMILES string of the molecule is CCOC(=O)CCNC(=O)c1ccc(CN(C)N)cc1. The van der Waals surface area contributed by atoms with Gasteiger partial charge >= 0.3 is 5.97 Å². The van der Waals surface area contributed by atoms with E-state index < -0.39 is 0 Å². The smallest absolute Gasteiger partial charge is 0.307 e. The quantitative estimate of drug-likeness (QED) is 0.435. The van der Waals surface area contributed by atoms with E-state index in [-0.39, 0.29) is 24.8 Å². The number of amides is 1. The first kappa shape index (κ1) is 16.1. The van der Waals surface area contributed by atoms with Crippen LogP contribution in [0.15, 0.2) is 24.3 Å². The zero-order valence-corrected chi connectivity index (χ0v) is 11.9. The highest BCUT2D eigenvalue weighted by Gasteiger charge is 2.07. The second kappa shape index (κ2) is 8.29. The van der Waals surface area contributed by atoms with Crippen molar-refractivity contribution >= 4 is 11.9 Å². The average molecular weight is 279 g/mol. The molecule has 6 nitrogen and oxygen atoms in total. The van der Waals surface area contributed by atoms with Crippen LogP contribution in [0.4, 0.5) is 0 Å². The highest BCUT2D eigenvalue weighted by molar-refractivity contribution is 5.94. The molecular formula is C14H21N3O3. The maximum atomic E-state index is 11.8. The number of ether oxygens (including phenoxy) is 1. The van der Waals surface area contributed by atoms with Gasteiger partial charge in [-0.2, -0.15) is 0 Å². The van der Waals surface area contributed by atoms with E-state index in [2.05, 4.69) is 5.32 Å². The highest BCUT2D eigenvalue weighted by atomic mass is 16.5. The number of nitrogens with zero attached hydrogens (tertiary/aromatic N) is 1. The molecule has 0 saturated heterocycles. The van der Waals surface area contributed by atoms with Crippen molar-refractivity contribution in [3.63, 3.8) is 0 Å². The largest absolute Gasteiger partial charge is 0.466 e. The van der Waals surface area contributed by atoms with Crippen LogP contribution in [0, 0.1) is 0 Å². The predicted octanol–water partition coefficient (Wildman–Crippen LogP) is 0.675. The summed E-state index contributed by atoms with van der Waals surface area (Å²) < 4.78 is 4.78. The van der Waals surface area contributed by atoms with Crippen LogP contribution in [-0.4, -0.2) is 37.1 Å². The molecule has 0 atom stereocenters. The third kappa shape index (κ3) is 5.81. The van der Waals surface area contributed by atoms with Gasteiger partial charge < -0.3 is 10.1 Å². The highest BCUT2D eigenvalue weighted by Crippen LogP contribution is 2.05. The van der Waals surface area contributed by atoms with E-state index in [9.17, 15) is 9.59 Å². The normalized spacial score (nSPS) is 10.4. The van der Waals surface area contributed by atoms with Crippen LogP contribution in [0.3, 0.4) is 0 Å². The molecule has 0 heterocycles. The fourth-order valence-electron chi connectivity index (χ4n) is 1.66. The van der Waals surface area contributed by atoms with Crippen molar-refractivity contribution in [2.45, 2.75) is 19.9 Å². The van der Waals surface area contributed by atoms with Crippen LogP contribution in [0.25, 0.3) is 0 Å². The number of carbonyl (C=O) groups is 2. The molecule has 1 aromatic rings. The monoisotopic (exact) mass is 279 g/mol. The number of carbonyl (C=O) groups excluding carboxylic acids is 2. The summed E-state index contributed by atoms with van der Waals surface area (Å²) in [6.45, 7) is 2.98. The van der Waals surface area contributed by atoms with Crippen LogP contribution in [0.2, 0.25) is 0 Å². The van der Waals surface area contributed by atoms with Gasteiger partial charge in [0.2, 0.25) is 0 Å². The second-order valence-corrected chi connectivity index (χ2v) is 4.42. The van der Waals surface area contributed by atoms with Gasteiger partial charge in [0.25, 0.3) is 5.91 Å². The number of nitrogens with one attached hydrogen (secondary N) is 1. The Morgan fingerprint density at radius 1 is 1.30 bits per heavy atom. The molecule has 0 spiro atoms. The first-order valence-electron chi connectivity index (χ1n) is 6.51. The van der Waals surface area contributed by atoms with Crippen LogP contribution in [0.1, 0.15) is 29.3 Å². The van der Waals surface area contributed by atoms with Gasteiger partial charge in [-0.15, -0.1) is 0 Å². The van der Waals surface area contributed by atoms with Crippen LogP contribution >= 0.6 is 0 Å². The molecule has 1 rings (SSSR count). The molecule has 0 radical (unpaired) electrons. The maximum Gasteiger partial charge on any atom is 0.307 e. The lowest BCUT2D eigenvalue weighted by Gasteiger charge is -2.10. The van der Waals surface area contributed by atoms with Gasteiger partial charge in [0.1, 0.15) is 0 Å². The van der Waals surface area contributed by atoms with Gasteiger partial charge in [0.05, 0.1) is 13.0 Å². The number of hydrogen-bond donors (Lipinski definition) is 2. The molecule has 110 valence electrons. The number of nitrogens with two attached hydrogens (primary N) is 1. The summed E-state index contributed by atoms with van der Waals surface area (Å²) in [5, 5.41) is 4.24. The number of hydrazine groups is 1. The van der Waals surface area contributed by atoms with E-state index in [1.807, 2.05) is 12.1 Å². The average Bonchev–Trinajstić information content (AvgIpc) is 2.39. The Morgan fingerprint density at radius 3 is 2.50 bits per heavy atom. The first-order valence-corrected chi connectivity index (χ1v) is 6.51. The summed E-state index contributed by atoms with van der Waals surface area (Å²) in [7, 11) is 1.77. The van der Waals surface area contributed by atoms with Crippen molar-refractivity contribution in [1.82, 2.24) is 10.3 Å². The summed E-state index contributed by atoms with van der Waals surface area (Å²) >= 11 is 0. The third-order valence-corrected chi connectivity index (χ3v) is 2.57. The van der Waals surface area contributed by atoms with Crippen LogP contribution in [0.5, 0.6) is 0 Å². The molecule has 0 aromatic heterocycles. The molecule has 0 unspecified atom stereocenters. The zero-order valence-electron chi connectivity index (χ0n) is 11.9. The first-order chi connectivity index (χ1) is 9.52. The minimum absolute atomic E-state index is 0.176. The molecule has 1 amide bonds.